The molecule has 0 amide bonds. The summed E-state index contributed by atoms with van der Waals surface area (Å²) in [5.41, 5.74) is 6.98. The van der Waals surface area contributed by atoms with Crippen molar-refractivity contribution in [3.8, 4) is 0 Å². The molecule has 104 valence electrons. The summed E-state index contributed by atoms with van der Waals surface area (Å²) >= 11 is 5.94. The summed E-state index contributed by atoms with van der Waals surface area (Å²) in [4.78, 5) is 1.98. The summed E-state index contributed by atoms with van der Waals surface area (Å²) in [6.07, 6.45) is 0. The molecule has 6 nitrogen and oxygen atoms in total. The SMILES string of the molecule is N/C(=N/O)c1cc(Cl)ccc1N1CCOCC1CO. The zero-order chi connectivity index (χ0) is 13.8. The van der Waals surface area contributed by atoms with Crippen molar-refractivity contribution in [2.75, 3.05) is 31.3 Å². The maximum Gasteiger partial charge on any atom is 0.172 e. The van der Waals surface area contributed by atoms with E-state index < -0.39 is 0 Å². The number of oxime groups is 1. The Bertz CT molecular complexity index is 481. The highest BCUT2D eigenvalue weighted by Crippen LogP contribution is 2.27. The van der Waals surface area contributed by atoms with E-state index >= 15 is 0 Å². The molecule has 1 saturated heterocycles. The van der Waals surface area contributed by atoms with Crippen LogP contribution in [0.1, 0.15) is 5.56 Å². The number of nitrogens with zero attached hydrogens (tertiary/aromatic N) is 2. The van der Waals surface area contributed by atoms with Gasteiger partial charge in [0.2, 0.25) is 0 Å². The van der Waals surface area contributed by atoms with Crippen molar-refractivity contribution in [2.45, 2.75) is 6.04 Å². The molecule has 1 aromatic carbocycles. The molecule has 0 aliphatic carbocycles. The van der Waals surface area contributed by atoms with E-state index in [-0.39, 0.29) is 18.5 Å². The number of rotatable bonds is 3. The summed E-state index contributed by atoms with van der Waals surface area (Å²) < 4.78 is 5.34. The molecule has 0 spiro atoms. The number of aliphatic hydroxyl groups is 1. The van der Waals surface area contributed by atoms with Crippen LogP contribution < -0.4 is 10.6 Å². The van der Waals surface area contributed by atoms with Crippen molar-refractivity contribution < 1.29 is 15.1 Å². The molecular formula is C12H16ClN3O3. The number of benzene rings is 1. The van der Waals surface area contributed by atoms with Crippen molar-refractivity contribution in [3.63, 3.8) is 0 Å². The Kier molecular flexibility index (Phi) is 4.47. The fourth-order valence-electron chi connectivity index (χ4n) is 2.14. The minimum absolute atomic E-state index is 0.0133. The lowest BCUT2D eigenvalue weighted by Crippen LogP contribution is -2.48. The van der Waals surface area contributed by atoms with Crippen LogP contribution in [0.4, 0.5) is 5.69 Å². The smallest absolute Gasteiger partial charge is 0.172 e. The Hall–Kier alpha value is -1.50. The highest BCUT2D eigenvalue weighted by Gasteiger charge is 2.25. The summed E-state index contributed by atoms with van der Waals surface area (Å²) in [5.74, 6) is -0.0133. The third kappa shape index (κ3) is 2.91. The van der Waals surface area contributed by atoms with E-state index in [9.17, 15) is 5.11 Å². The summed E-state index contributed by atoms with van der Waals surface area (Å²) in [6, 6.07) is 5.01. The molecule has 1 unspecified atom stereocenters. The number of aliphatic hydroxyl groups excluding tert-OH is 1. The van der Waals surface area contributed by atoms with Gasteiger partial charge in [-0.1, -0.05) is 16.8 Å². The van der Waals surface area contributed by atoms with E-state index in [4.69, 9.17) is 27.3 Å². The lowest BCUT2D eigenvalue weighted by Gasteiger charge is -2.37. The molecule has 2 rings (SSSR count). The minimum Gasteiger partial charge on any atom is -0.409 e. The van der Waals surface area contributed by atoms with Crippen LogP contribution in [0.5, 0.6) is 0 Å². The van der Waals surface area contributed by atoms with Crippen molar-refractivity contribution in [1.82, 2.24) is 0 Å². The molecule has 1 heterocycles. The molecule has 19 heavy (non-hydrogen) atoms. The van der Waals surface area contributed by atoms with Gasteiger partial charge in [0.25, 0.3) is 0 Å². The Morgan fingerprint density at radius 1 is 1.58 bits per heavy atom. The van der Waals surface area contributed by atoms with Gasteiger partial charge in [0.15, 0.2) is 5.84 Å². The van der Waals surface area contributed by atoms with E-state index in [0.29, 0.717) is 30.3 Å². The van der Waals surface area contributed by atoms with Crippen LogP contribution in [0.15, 0.2) is 23.4 Å². The number of nitrogens with two attached hydrogens (primary N) is 1. The number of morpholine rings is 1. The van der Waals surface area contributed by atoms with Gasteiger partial charge in [-0.05, 0) is 18.2 Å². The van der Waals surface area contributed by atoms with Crippen LogP contribution in [0.2, 0.25) is 5.02 Å². The fraction of sp³-hybridized carbons (Fsp3) is 0.417. The zero-order valence-corrected chi connectivity index (χ0v) is 11.0. The maximum absolute atomic E-state index is 9.41. The van der Waals surface area contributed by atoms with Crippen LogP contribution >= 0.6 is 11.6 Å². The predicted molar refractivity (Wildman–Crippen MR) is 73.0 cm³/mol. The first-order valence-electron chi connectivity index (χ1n) is 5.90. The maximum atomic E-state index is 9.41. The molecule has 7 heteroatoms. The van der Waals surface area contributed by atoms with Crippen molar-refractivity contribution in [2.24, 2.45) is 10.9 Å². The van der Waals surface area contributed by atoms with Gasteiger partial charge in [0, 0.05) is 22.8 Å². The molecule has 1 atom stereocenters. The predicted octanol–water partition coefficient (Wildman–Crippen LogP) is 0.632. The van der Waals surface area contributed by atoms with E-state index in [0.717, 1.165) is 5.69 Å². The number of halogens is 1. The molecule has 1 aliphatic rings. The molecule has 0 bridgehead atoms. The van der Waals surface area contributed by atoms with E-state index in [1.807, 2.05) is 4.90 Å². The first-order valence-corrected chi connectivity index (χ1v) is 6.28. The van der Waals surface area contributed by atoms with Gasteiger partial charge < -0.3 is 25.7 Å². The molecule has 4 N–H and O–H groups in total. The summed E-state index contributed by atoms with van der Waals surface area (Å²) in [7, 11) is 0. The van der Waals surface area contributed by atoms with Crippen LogP contribution in [0.3, 0.4) is 0 Å². The second kappa shape index (κ2) is 6.10. The molecule has 1 aliphatic heterocycles. The largest absolute Gasteiger partial charge is 0.409 e. The first-order chi connectivity index (χ1) is 9.17. The first kappa shape index (κ1) is 13.9. The molecule has 0 aromatic heterocycles. The van der Waals surface area contributed by atoms with Crippen molar-refractivity contribution >= 4 is 23.1 Å². The van der Waals surface area contributed by atoms with Crippen LogP contribution in [-0.4, -0.2) is 48.6 Å². The topological polar surface area (TPSA) is 91.3 Å². The van der Waals surface area contributed by atoms with E-state index in [1.165, 1.54) is 0 Å². The highest BCUT2D eigenvalue weighted by molar-refractivity contribution is 6.31. The van der Waals surface area contributed by atoms with E-state index in [1.54, 1.807) is 18.2 Å². The zero-order valence-electron chi connectivity index (χ0n) is 10.3. The number of hydrogen-bond donors (Lipinski definition) is 3. The fourth-order valence-corrected chi connectivity index (χ4v) is 2.31. The third-order valence-corrected chi connectivity index (χ3v) is 3.33. The van der Waals surface area contributed by atoms with Crippen LogP contribution in [0.25, 0.3) is 0 Å². The highest BCUT2D eigenvalue weighted by atomic mass is 35.5. The number of ether oxygens (including phenoxy) is 1. The molecule has 0 radical (unpaired) electrons. The molecular weight excluding hydrogens is 270 g/mol. The third-order valence-electron chi connectivity index (χ3n) is 3.09. The van der Waals surface area contributed by atoms with Crippen molar-refractivity contribution in [3.05, 3.63) is 28.8 Å². The Labute approximate surface area is 116 Å². The number of anilines is 1. The Morgan fingerprint density at radius 2 is 2.37 bits per heavy atom. The lowest BCUT2D eigenvalue weighted by molar-refractivity contribution is 0.0727. The van der Waals surface area contributed by atoms with Gasteiger partial charge in [-0.15, -0.1) is 0 Å². The second-order valence-corrected chi connectivity index (χ2v) is 4.69. The van der Waals surface area contributed by atoms with Crippen LogP contribution in [-0.2, 0) is 4.74 Å². The van der Waals surface area contributed by atoms with Gasteiger partial charge >= 0.3 is 0 Å². The average Bonchev–Trinajstić information content (AvgIpc) is 2.46. The quantitative estimate of drug-likeness (QED) is 0.328. The lowest BCUT2D eigenvalue weighted by atomic mass is 10.1. The Morgan fingerprint density at radius 3 is 3.05 bits per heavy atom. The van der Waals surface area contributed by atoms with E-state index in [2.05, 4.69) is 5.16 Å². The van der Waals surface area contributed by atoms with Crippen molar-refractivity contribution in [1.29, 1.82) is 0 Å². The summed E-state index contributed by atoms with van der Waals surface area (Å²) in [6.45, 7) is 1.60. The van der Waals surface area contributed by atoms with Gasteiger partial charge in [0.05, 0.1) is 25.9 Å². The average molecular weight is 286 g/mol. The monoisotopic (exact) mass is 285 g/mol. The Balaban J connectivity index is 2.42. The standard InChI is InChI=1S/C12H16ClN3O3/c13-8-1-2-11(10(5-8)12(14)15-18)16-3-4-19-7-9(16)6-17/h1-2,5,9,17-18H,3-4,6-7H2,(H2,14,15). The molecule has 1 aromatic rings. The minimum atomic E-state index is -0.153. The number of amidine groups is 1. The number of hydrogen-bond acceptors (Lipinski definition) is 5. The van der Waals surface area contributed by atoms with Gasteiger partial charge in [-0.25, -0.2) is 0 Å². The van der Waals surface area contributed by atoms with Crippen LogP contribution in [0, 0.1) is 0 Å². The summed E-state index contributed by atoms with van der Waals surface area (Å²) in [5, 5.41) is 21.8. The second-order valence-electron chi connectivity index (χ2n) is 4.25. The van der Waals surface area contributed by atoms with Gasteiger partial charge in [0.1, 0.15) is 0 Å². The molecule has 1 fully saturated rings. The van der Waals surface area contributed by atoms with Gasteiger partial charge in [-0.3, -0.25) is 0 Å². The van der Waals surface area contributed by atoms with Gasteiger partial charge in [-0.2, -0.15) is 0 Å². The normalized spacial score (nSPS) is 20.6. The molecule has 0 saturated carbocycles.